The summed E-state index contributed by atoms with van der Waals surface area (Å²) < 4.78 is 39.6. The first-order valence-corrected chi connectivity index (χ1v) is 4.88. The first-order chi connectivity index (χ1) is 6.89. The van der Waals surface area contributed by atoms with E-state index in [0.717, 1.165) is 0 Å². The zero-order chi connectivity index (χ0) is 11.2. The first kappa shape index (κ1) is 10.5. The van der Waals surface area contributed by atoms with Crippen molar-refractivity contribution in [2.75, 3.05) is 0 Å². The summed E-state index contributed by atoms with van der Waals surface area (Å²) in [5, 5.41) is 4.03. The van der Waals surface area contributed by atoms with E-state index in [2.05, 4.69) is 21.0 Å². The summed E-state index contributed by atoms with van der Waals surface area (Å²) in [6, 6.07) is 2.91. The van der Waals surface area contributed by atoms with Gasteiger partial charge >= 0.3 is 6.18 Å². The highest BCUT2D eigenvalue weighted by Gasteiger charge is 2.35. The van der Waals surface area contributed by atoms with Crippen molar-refractivity contribution in [3.8, 4) is 0 Å². The van der Waals surface area contributed by atoms with E-state index in [1.807, 2.05) is 0 Å². The van der Waals surface area contributed by atoms with E-state index in [1.165, 1.54) is 16.9 Å². The average Bonchev–Trinajstić information content (AvgIpc) is 2.41. The van der Waals surface area contributed by atoms with Gasteiger partial charge in [-0.3, -0.25) is 4.68 Å². The topological polar surface area (TPSA) is 17.8 Å². The lowest BCUT2D eigenvalue weighted by Gasteiger charge is -2.09. The number of hydrogen-bond donors (Lipinski definition) is 0. The van der Waals surface area contributed by atoms with Gasteiger partial charge in [0.2, 0.25) is 0 Å². The van der Waals surface area contributed by atoms with Crippen molar-refractivity contribution in [3.63, 3.8) is 0 Å². The van der Waals surface area contributed by atoms with Crippen molar-refractivity contribution in [2.24, 2.45) is 7.05 Å². The van der Waals surface area contributed by atoms with E-state index in [0.29, 0.717) is 5.52 Å². The minimum Gasteiger partial charge on any atom is -0.275 e. The van der Waals surface area contributed by atoms with Crippen molar-refractivity contribution >= 4 is 26.8 Å². The Labute approximate surface area is 91.8 Å². The molecule has 1 aromatic carbocycles. The zero-order valence-electron chi connectivity index (χ0n) is 7.64. The van der Waals surface area contributed by atoms with Gasteiger partial charge in [-0.25, -0.2) is 0 Å². The third-order valence-electron chi connectivity index (χ3n) is 2.04. The maximum absolute atomic E-state index is 12.7. The van der Waals surface area contributed by atoms with Gasteiger partial charge < -0.3 is 0 Å². The number of aromatic nitrogens is 2. The van der Waals surface area contributed by atoms with E-state index in [1.54, 1.807) is 13.1 Å². The Balaban J connectivity index is 2.85. The molecule has 0 fully saturated rings. The number of fused-ring (bicyclic) bond motifs is 1. The maximum Gasteiger partial charge on any atom is 0.418 e. The molecule has 0 radical (unpaired) electrons. The van der Waals surface area contributed by atoms with Crippen molar-refractivity contribution in [1.82, 2.24) is 9.78 Å². The second-order valence-electron chi connectivity index (χ2n) is 3.16. The second-order valence-corrected chi connectivity index (χ2v) is 4.01. The molecule has 0 N–H and O–H groups in total. The molecule has 15 heavy (non-hydrogen) atoms. The highest BCUT2D eigenvalue weighted by Crippen LogP contribution is 2.39. The summed E-state index contributed by atoms with van der Waals surface area (Å²) in [4.78, 5) is 0. The molecule has 0 bridgehead atoms. The van der Waals surface area contributed by atoms with Gasteiger partial charge in [-0.2, -0.15) is 18.3 Å². The fourth-order valence-electron chi connectivity index (χ4n) is 1.47. The Morgan fingerprint density at radius 1 is 1.33 bits per heavy atom. The molecule has 1 heterocycles. The molecule has 2 aromatic rings. The lowest BCUT2D eigenvalue weighted by atomic mass is 10.1. The van der Waals surface area contributed by atoms with Crippen molar-refractivity contribution < 1.29 is 13.2 Å². The van der Waals surface area contributed by atoms with Crippen LogP contribution in [0.5, 0.6) is 0 Å². The van der Waals surface area contributed by atoms with Gasteiger partial charge in [-0.05, 0) is 12.1 Å². The molecular weight excluding hydrogens is 273 g/mol. The number of alkyl halides is 3. The molecule has 0 amide bonds. The van der Waals surface area contributed by atoms with Gasteiger partial charge in [-0.1, -0.05) is 15.9 Å². The number of aryl methyl sites for hydroxylation is 1. The number of nitrogens with zero attached hydrogens (tertiary/aromatic N) is 2. The average molecular weight is 279 g/mol. The fourth-order valence-corrected chi connectivity index (χ4v) is 2.04. The molecule has 0 aliphatic rings. The van der Waals surface area contributed by atoms with E-state index in [9.17, 15) is 13.2 Å². The third-order valence-corrected chi connectivity index (χ3v) is 2.70. The largest absolute Gasteiger partial charge is 0.418 e. The molecule has 0 spiro atoms. The molecule has 0 aliphatic carbocycles. The first-order valence-electron chi connectivity index (χ1n) is 4.08. The molecule has 6 heteroatoms. The van der Waals surface area contributed by atoms with Crippen LogP contribution >= 0.6 is 15.9 Å². The van der Waals surface area contributed by atoms with Crippen LogP contribution in [0, 0.1) is 0 Å². The second kappa shape index (κ2) is 3.23. The Kier molecular flexibility index (Phi) is 2.26. The predicted octanol–water partition coefficient (Wildman–Crippen LogP) is 3.35. The van der Waals surface area contributed by atoms with Crippen LogP contribution in [0.15, 0.2) is 22.8 Å². The van der Waals surface area contributed by atoms with Crippen LogP contribution in [0.2, 0.25) is 0 Å². The van der Waals surface area contributed by atoms with Gasteiger partial charge in [0.15, 0.2) is 0 Å². The number of benzene rings is 1. The van der Waals surface area contributed by atoms with Crippen LogP contribution in [0.1, 0.15) is 5.56 Å². The van der Waals surface area contributed by atoms with Gasteiger partial charge in [0.1, 0.15) is 0 Å². The molecule has 80 valence electrons. The summed E-state index contributed by atoms with van der Waals surface area (Å²) in [6.07, 6.45) is -3.01. The van der Waals surface area contributed by atoms with Crippen molar-refractivity contribution in [2.45, 2.75) is 6.18 Å². The SMILES string of the molecule is Cn1cc2c(C(F)(F)F)c(Br)ccc2n1. The van der Waals surface area contributed by atoms with Gasteiger partial charge in [0, 0.05) is 23.1 Å². The molecular formula is C9H6BrF3N2. The van der Waals surface area contributed by atoms with E-state index >= 15 is 0 Å². The summed E-state index contributed by atoms with van der Waals surface area (Å²) >= 11 is 2.91. The summed E-state index contributed by atoms with van der Waals surface area (Å²) in [6.45, 7) is 0. The number of rotatable bonds is 0. The van der Waals surface area contributed by atoms with Crippen LogP contribution in [0.25, 0.3) is 10.9 Å². The van der Waals surface area contributed by atoms with E-state index in [4.69, 9.17) is 0 Å². The minimum atomic E-state index is -4.37. The van der Waals surface area contributed by atoms with Gasteiger partial charge in [0.25, 0.3) is 0 Å². The lowest BCUT2D eigenvalue weighted by Crippen LogP contribution is -2.06. The van der Waals surface area contributed by atoms with E-state index < -0.39 is 11.7 Å². The summed E-state index contributed by atoms with van der Waals surface area (Å²) in [7, 11) is 1.59. The Bertz CT molecular complexity index is 516. The summed E-state index contributed by atoms with van der Waals surface area (Å²) in [5.41, 5.74) is -0.332. The number of hydrogen-bond acceptors (Lipinski definition) is 1. The molecule has 0 unspecified atom stereocenters. The van der Waals surface area contributed by atoms with Crippen LogP contribution in [-0.2, 0) is 13.2 Å². The van der Waals surface area contributed by atoms with Crippen LogP contribution in [0.4, 0.5) is 13.2 Å². The summed E-state index contributed by atoms with van der Waals surface area (Å²) in [5.74, 6) is 0. The quantitative estimate of drug-likeness (QED) is 0.723. The molecule has 0 saturated heterocycles. The third kappa shape index (κ3) is 1.73. The number of halogens is 4. The highest BCUT2D eigenvalue weighted by molar-refractivity contribution is 9.10. The Morgan fingerprint density at radius 3 is 2.60 bits per heavy atom. The minimum absolute atomic E-state index is 0.0375. The maximum atomic E-state index is 12.7. The zero-order valence-corrected chi connectivity index (χ0v) is 9.22. The monoisotopic (exact) mass is 278 g/mol. The van der Waals surface area contributed by atoms with Gasteiger partial charge in [0.05, 0.1) is 11.1 Å². The standard InChI is InChI=1S/C9H6BrF3N2/c1-15-4-5-7(14-15)3-2-6(10)8(5)9(11,12)13/h2-4H,1H3. The smallest absolute Gasteiger partial charge is 0.275 e. The van der Waals surface area contributed by atoms with Crippen LogP contribution in [0.3, 0.4) is 0 Å². The Morgan fingerprint density at radius 2 is 2.00 bits per heavy atom. The molecule has 0 saturated carbocycles. The predicted molar refractivity (Wildman–Crippen MR) is 53.4 cm³/mol. The van der Waals surface area contributed by atoms with Crippen molar-refractivity contribution in [3.05, 3.63) is 28.4 Å². The Hall–Kier alpha value is -1.04. The highest BCUT2D eigenvalue weighted by atomic mass is 79.9. The molecule has 0 aliphatic heterocycles. The molecule has 2 nitrogen and oxygen atoms in total. The van der Waals surface area contributed by atoms with E-state index in [-0.39, 0.29) is 9.86 Å². The van der Waals surface area contributed by atoms with Crippen LogP contribution in [-0.4, -0.2) is 9.78 Å². The van der Waals surface area contributed by atoms with Crippen molar-refractivity contribution in [1.29, 1.82) is 0 Å². The molecule has 1 aromatic heterocycles. The molecule has 2 rings (SSSR count). The van der Waals surface area contributed by atoms with Crippen LogP contribution < -0.4 is 0 Å². The lowest BCUT2D eigenvalue weighted by molar-refractivity contribution is -0.136. The fraction of sp³-hybridized carbons (Fsp3) is 0.222. The van der Waals surface area contributed by atoms with Gasteiger partial charge in [-0.15, -0.1) is 0 Å². The molecule has 0 atom stereocenters. The normalized spacial score (nSPS) is 12.3.